The first-order valence-electron chi connectivity index (χ1n) is 3.78. The minimum absolute atomic E-state index is 0.718. The summed E-state index contributed by atoms with van der Waals surface area (Å²) in [6.45, 7) is 6.88. The van der Waals surface area contributed by atoms with E-state index in [1.165, 1.54) is 0 Å². The van der Waals surface area contributed by atoms with Gasteiger partial charge in [-0.1, -0.05) is 0 Å². The van der Waals surface area contributed by atoms with Gasteiger partial charge in [-0.2, -0.15) is 0 Å². The van der Waals surface area contributed by atoms with E-state index in [1.807, 2.05) is 27.0 Å². The van der Waals surface area contributed by atoms with Crippen LogP contribution in [0.5, 0.6) is 0 Å². The lowest BCUT2D eigenvalue weighted by atomic mass is 10.3. The summed E-state index contributed by atoms with van der Waals surface area (Å²) in [4.78, 5) is 8.35. The van der Waals surface area contributed by atoms with Gasteiger partial charge in [0, 0.05) is 18.4 Å². The molecule has 60 valence electrons. The molecular weight excluding hydrogens is 138 g/mol. The highest BCUT2D eigenvalue weighted by Gasteiger charge is 1.96. The van der Waals surface area contributed by atoms with E-state index in [-0.39, 0.29) is 0 Å². The molecule has 0 aliphatic carbocycles. The van der Waals surface area contributed by atoms with E-state index in [9.17, 15) is 0 Å². The van der Waals surface area contributed by atoms with Crippen molar-refractivity contribution in [3.8, 4) is 0 Å². The Labute approximate surface area is 66.9 Å². The van der Waals surface area contributed by atoms with Crippen molar-refractivity contribution in [2.45, 2.75) is 20.8 Å². The summed E-state index contributed by atoms with van der Waals surface area (Å²) in [6.07, 6.45) is 1.83. The zero-order chi connectivity index (χ0) is 8.27. The standard InChI is InChI=1S/C8H13N3/c1-4-9-8-10-5-6(2)7(3)11-8/h5H,4H2,1-3H3,(H,9,10,11). The van der Waals surface area contributed by atoms with Crippen LogP contribution in [-0.2, 0) is 0 Å². The van der Waals surface area contributed by atoms with Crippen LogP contribution >= 0.6 is 0 Å². The summed E-state index contributed by atoms with van der Waals surface area (Å²) in [5.74, 6) is 0.718. The molecule has 0 spiro atoms. The average molecular weight is 151 g/mol. The van der Waals surface area contributed by atoms with Gasteiger partial charge in [-0.05, 0) is 26.3 Å². The van der Waals surface area contributed by atoms with Crippen molar-refractivity contribution in [1.82, 2.24) is 9.97 Å². The summed E-state index contributed by atoms with van der Waals surface area (Å²) in [5.41, 5.74) is 2.17. The maximum atomic E-state index is 4.24. The first kappa shape index (κ1) is 7.98. The fourth-order valence-electron chi connectivity index (χ4n) is 0.771. The van der Waals surface area contributed by atoms with Gasteiger partial charge in [0.15, 0.2) is 0 Å². The number of hydrogen-bond acceptors (Lipinski definition) is 3. The summed E-state index contributed by atoms with van der Waals surface area (Å²) < 4.78 is 0. The molecule has 0 bridgehead atoms. The van der Waals surface area contributed by atoms with Crippen LogP contribution in [0.25, 0.3) is 0 Å². The van der Waals surface area contributed by atoms with E-state index in [2.05, 4.69) is 15.3 Å². The maximum Gasteiger partial charge on any atom is 0.222 e. The first-order chi connectivity index (χ1) is 5.24. The smallest absolute Gasteiger partial charge is 0.222 e. The number of aryl methyl sites for hydroxylation is 2. The van der Waals surface area contributed by atoms with Crippen molar-refractivity contribution >= 4 is 5.95 Å². The van der Waals surface area contributed by atoms with Crippen LogP contribution in [0.15, 0.2) is 6.20 Å². The van der Waals surface area contributed by atoms with E-state index < -0.39 is 0 Å². The molecule has 1 heterocycles. The molecule has 0 aliphatic rings. The zero-order valence-electron chi connectivity index (χ0n) is 7.18. The minimum Gasteiger partial charge on any atom is -0.354 e. The van der Waals surface area contributed by atoms with E-state index >= 15 is 0 Å². The summed E-state index contributed by atoms with van der Waals surface area (Å²) in [5, 5.41) is 3.05. The molecule has 0 atom stereocenters. The second-order valence-corrected chi connectivity index (χ2v) is 2.49. The van der Waals surface area contributed by atoms with Crippen molar-refractivity contribution in [2.24, 2.45) is 0 Å². The van der Waals surface area contributed by atoms with Crippen LogP contribution in [0.3, 0.4) is 0 Å². The SMILES string of the molecule is CCNc1ncc(C)c(C)n1. The lowest BCUT2D eigenvalue weighted by Crippen LogP contribution is -2.03. The Balaban J connectivity index is 2.86. The van der Waals surface area contributed by atoms with Gasteiger partial charge in [-0.3, -0.25) is 0 Å². The van der Waals surface area contributed by atoms with Crippen molar-refractivity contribution in [1.29, 1.82) is 0 Å². The van der Waals surface area contributed by atoms with Crippen molar-refractivity contribution in [3.05, 3.63) is 17.5 Å². The molecule has 1 aromatic rings. The van der Waals surface area contributed by atoms with Gasteiger partial charge in [0.25, 0.3) is 0 Å². The van der Waals surface area contributed by atoms with Crippen LogP contribution in [-0.4, -0.2) is 16.5 Å². The lowest BCUT2D eigenvalue weighted by molar-refractivity contribution is 1.03. The topological polar surface area (TPSA) is 37.8 Å². The summed E-state index contributed by atoms with van der Waals surface area (Å²) in [6, 6.07) is 0. The highest BCUT2D eigenvalue weighted by atomic mass is 15.1. The number of hydrogen-bond donors (Lipinski definition) is 1. The van der Waals surface area contributed by atoms with Crippen LogP contribution in [0.1, 0.15) is 18.2 Å². The van der Waals surface area contributed by atoms with Gasteiger partial charge >= 0.3 is 0 Å². The van der Waals surface area contributed by atoms with E-state index in [0.717, 1.165) is 23.8 Å². The van der Waals surface area contributed by atoms with Gasteiger partial charge in [-0.25, -0.2) is 9.97 Å². The number of nitrogens with one attached hydrogen (secondary N) is 1. The fraction of sp³-hybridized carbons (Fsp3) is 0.500. The van der Waals surface area contributed by atoms with Gasteiger partial charge < -0.3 is 5.32 Å². The predicted octanol–water partition coefficient (Wildman–Crippen LogP) is 1.53. The van der Waals surface area contributed by atoms with Crippen molar-refractivity contribution < 1.29 is 0 Å². The Morgan fingerprint density at radius 1 is 1.45 bits per heavy atom. The molecular formula is C8H13N3. The second-order valence-electron chi connectivity index (χ2n) is 2.49. The van der Waals surface area contributed by atoms with Gasteiger partial charge in [0.2, 0.25) is 5.95 Å². The first-order valence-corrected chi connectivity index (χ1v) is 3.78. The number of rotatable bonds is 2. The van der Waals surface area contributed by atoms with Crippen molar-refractivity contribution in [3.63, 3.8) is 0 Å². The Morgan fingerprint density at radius 2 is 2.18 bits per heavy atom. The third-order valence-electron chi connectivity index (χ3n) is 1.56. The molecule has 11 heavy (non-hydrogen) atoms. The highest BCUT2D eigenvalue weighted by molar-refractivity contribution is 5.27. The fourth-order valence-corrected chi connectivity index (χ4v) is 0.771. The molecule has 1 rings (SSSR count). The van der Waals surface area contributed by atoms with Crippen molar-refractivity contribution in [2.75, 3.05) is 11.9 Å². The highest BCUT2D eigenvalue weighted by Crippen LogP contribution is 2.03. The van der Waals surface area contributed by atoms with Gasteiger partial charge in [0.1, 0.15) is 0 Å². The van der Waals surface area contributed by atoms with E-state index in [1.54, 1.807) is 0 Å². The normalized spacial score (nSPS) is 9.73. The largest absolute Gasteiger partial charge is 0.354 e. The third kappa shape index (κ3) is 1.90. The predicted molar refractivity (Wildman–Crippen MR) is 45.7 cm³/mol. The van der Waals surface area contributed by atoms with Crippen LogP contribution in [0, 0.1) is 13.8 Å². The monoisotopic (exact) mass is 151 g/mol. The maximum absolute atomic E-state index is 4.24. The lowest BCUT2D eigenvalue weighted by Gasteiger charge is -2.02. The summed E-state index contributed by atoms with van der Waals surface area (Å²) in [7, 11) is 0. The zero-order valence-corrected chi connectivity index (χ0v) is 7.18. The number of anilines is 1. The minimum atomic E-state index is 0.718. The summed E-state index contributed by atoms with van der Waals surface area (Å²) >= 11 is 0. The second kappa shape index (κ2) is 3.32. The number of aromatic nitrogens is 2. The average Bonchev–Trinajstić information content (AvgIpc) is 1.98. The molecule has 0 unspecified atom stereocenters. The molecule has 0 aromatic carbocycles. The van der Waals surface area contributed by atoms with E-state index in [0.29, 0.717) is 0 Å². The van der Waals surface area contributed by atoms with Crippen LogP contribution in [0.4, 0.5) is 5.95 Å². The Morgan fingerprint density at radius 3 is 2.73 bits per heavy atom. The Bertz CT molecular complexity index is 245. The third-order valence-corrected chi connectivity index (χ3v) is 1.56. The molecule has 0 fully saturated rings. The quantitative estimate of drug-likeness (QED) is 0.696. The molecule has 1 N–H and O–H groups in total. The molecule has 0 amide bonds. The van der Waals surface area contributed by atoms with Gasteiger partial charge in [0.05, 0.1) is 0 Å². The van der Waals surface area contributed by atoms with Crippen LogP contribution < -0.4 is 5.32 Å². The molecule has 0 aliphatic heterocycles. The Kier molecular flexibility index (Phi) is 2.41. The molecule has 3 nitrogen and oxygen atoms in total. The van der Waals surface area contributed by atoms with E-state index in [4.69, 9.17) is 0 Å². The van der Waals surface area contributed by atoms with Crippen LogP contribution in [0.2, 0.25) is 0 Å². The number of nitrogens with zero attached hydrogens (tertiary/aromatic N) is 2. The molecule has 0 radical (unpaired) electrons. The Hall–Kier alpha value is -1.12. The molecule has 3 heteroatoms. The molecule has 0 saturated heterocycles. The molecule has 0 saturated carbocycles. The molecule has 1 aromatic heterocycles. The van der Waals surface area contributed by atoms with Gasteiger partial charge in [-0.15, -0.1) is 0 Å².